The quantitative estimate of drug-likeness (QED) is 0.336. The van der Waals surface area contributed by atoms with Gasteiger partial charge in [0.15, 0.2) is 0 Å². The third kappa shape index (κ3) is 5.32. The highest BCUT2D eigenvalue weighted by Gasteiger charge is 2.29. The molecule has 2 aromatic carbocycles. The lowest BCUT2D eigenvalue weighted by molar-refractivity contribution is -0.114. The van der Waals surface area contributed by atoms with Crippen LogP contribution in [0.15, 0.2) is 53.5 Å². The molecule has 1 heterocycles. The predicted molar refractivity (Wildman–Crippen MR) is 119 cm³/mol. The van der Waals surface area contributed by atoms with E-state index < -0.39 is 26.9 Å². The van der Waals surface area contributed by atoms with E-state index in [0.29, 0.717) is 16.3 Å². The zero-order valence-corrected chi connectivity index (χ0v) is 19.1. The van der Waals surface area contributed by atoms with Crippen molar-refractivity contribution >= 4 is 54.0 Å². The number of benzene rings is 2. The Morgan fingerprint density at radius 3 is 2.48 bits per heavy atom. The zero-order chi connectivity index (χ0) is 22.8. The molecule has 1 amide bonds. The van der Waals surface area contributed by atoms with Crippen molar-refractivity contribution in [3.63, 3.8) is 0 Å². The van der Waals surface area contributed by atoms with Gasteiger partial charge in [-0.1, -0.05) is 17.4 Å². The fourth-order valence-electron chi connectivity index (χ4n) is 2.64. The summed E-state index contributed by atoms with van der Waals surface area (Å²) < 4.78 is 55.8. The molecule has 31 heavy (non-hydrogen) atoms. The van der Waals surface area contributed by atoms with E-state index in [2.05, 4.69) is 42.7 Å². The van der Waals surface area contributed by atoms with Crippen molar-refractivity contribution in [2.24, 2.45) is 0 Å². The van der Waals surface area contributed by atoms with Crippen LogP contribution in [0.2, 0.25) is 0 Å². The largest absolute Gasteiger partial charge is 0.326 e. The normalized spacial score (nSPS) is 12.3. The van der Waals surface area contributed by atoms with Crippen LogP contribution in [0.3, 0.4) is 0 Å². The van der Waals surface area contributed by atoms with Gasteiger partial charge in [-0.25, -0.2) is 17.2 Å². The number of hydrogen-bond acceptors (Lipinski definition) is 6. The Bertz CT molecular complexity index is 1250. The standard InChI is InChI=1S/C19H15BrF2N4O3S2/c1-3-17(13-8-16(22)14(20)9-15(13)21)31(28,29)26-19-25-24-18(30-19)11-4-6-12(7-5-11)23-10(2)27/h3-9,17H,1H2,2H3,(H,23,27)(H,25,26). The molecule has 162 valence electrons. The van der Waals surface area contributed by atoms with E-state index in [4.69, 9.17) is 0 Å². The molecule has 0 fully saturated rings. The highest BCUT2D eigenvalue weighted by molar-refractivity contribution is 9.10. The van der Waals surface area contributed by atoms with Gasteiger partial charge in [-0.15, -0.1) is 16.8 Å². The number of rotatable bonds is 7. The molecule has 3 aromatic rings. The van der Waals surface area contributed by atoms with Gasteiger partial charge in [0, 0.05) is 23.7 Å². The molecule has 1 unspecified atom stereocenters. The zero-order valence-electron chi connectivity index (χ0n) is 15.9. The van der Waals surface area contributed by atoms with Gasteiger partial charge in [0.25, 0.3) is 0 Å². The van der Waals surface area contributed by atoms with Crippen LogP contribution in [0.25, 0.3) is 10.6 Å². The van der Waals surface area contributed by atoms with Gasteiger partial charge in [-0.3, -0.25) is 9.52 Å². The lowest BCUT2D eigenvalue weighted by atomic mass is 10.1. The van der Waals surface area contributed by atoms with Crippen LogP contribution < -0.4 is 10.0 Å². The first kappa shape index (κ1) is 23.0. The van der Waals surface area contributed by atoms with E-state index in [1.54, 1.807) is 24.3 Å². The number of nitrogens with zero attached hydrogens (tertiary/aromatic N) is 2. The molecule has 2 N–H and O–H groups in total. The van der Waals surface area contributed by atoms with Crippen LogP contribution in [-0.2, 0) is 14.8 Å². The summed E-state index contributed by atoms with van der Waals surface area (Å²) in [5.74, 6) is -1.92. The summed E-state index contributed by atoms with van der Waals surface area (Å²) >= 11 is 3.81. The fourth-order valence-corrected chi connectivity index (χ4v) is 5.25. The van der Waals surface area contributed by atoms with Gasteiger partial charge in [0.05, 0.1) is 4.47 Å². The highest BCUT2D eigenvalue weighted by atomic mass is 79.9. The maximum Gasteiger partial charge on any atom is 0.245 e. The van der Waals surface area contributed by atoms with Crippen molar-refractivity contribution in [1.82, 2.24) is 10.2 Å². The number of nitrogens with one attached hydrogen (secondary N) is 2. The molecule has 3 rings (SSSR count). The lowest BCUT2D eigenvalue weighted by Gasteiger charge is -2.15. The van der Waals surface area contributed by atoms with Crippen molar-refractivity contribution in [3.05, 3.63) is 70.7 Å². The topological polar surface area (TPSA) is 101 Å². The maximum absolute atomic E-state index is 14.3. The molecule has 0 radical (unpaired) electrons. The highest BCUT2D eigenvalue weighted by Crippen LogP contribution is 2.33. The number of carbonyl (C=O) groups excluding carboxylic acids is 1. The first-order valence-electron chi connectivity index (χ1n) is 8.61. The maximum atomic E-state index is 14.3. The number of sulfonamides is 1. The van der Waals surface area contributed by atoms with Crippen LogP contribution in [-0.4, -0.2) is 24.5 Å². The molecule has 0 aliphatic heterocycles. The van der Waals surface area contributed by atoms with Crippen molar-refractivity contribution < 1.29 is 22.0 Å². The molecule has 0 saturated heterocycles. The summed E-state index contributed by atoms with van der Waals surface area (Å²) in [6.07, 6.45) is 0.997. The summed E-state index contributed by atoms with van der Waals surface area (Å²) in [4.78, 5) is 11.1. The van der Waals surface area contributed by atoms with E-state index in [1.165, 1.54) is 6.92 Å². The average Bonchev–Trinajstić information content (AvgIpc) is 3.14. The molecule has 1 aromatic heterocycles. The van der Waals surface area contributed by atoms with Crippen molar-refractivity contribution in [3.8, 4) is 10.6 Å². The van der Waals surface area contributed by atoms with Gasteiger partial charge in [-0.2, -0.15) is 0 Å². The lowest BCUT2D eigenvalue weighted by Crippen LogP contribution is -2.21. The van der Waals surface area contributed by atoms with E-state index in [-0.39, 0.29) is 21.1 Å². The van der Waals surface area contributed by atoms with E-state index in [0.717, 1.165) is 29.5 Å². The Hall–Kier alpha value is -2.70. The van der Waals surface area contributed by atoms with Gasteiger partial charge in [0.1, 0.15) is 21.9 Å². The van der Waals surface area contributed by atoms with E-state index in [1.807, 2.05) is 0 Å². The molecule has 1 atom stereocenters. The Morgan fingerprint density at radius 1 is 1.19 bits per heavy atom. The van der Waals surface area contributed by atoms with Gasteiger partial charge >= 0.3 is 0 Å². The molecule has 7 nitrogen and oxygen atoms in total. The summed E-state index contributed by atoms with van der Waals surface area (Å²) in [5, 5.41) is 9.21. The van der Waals surface area contributed by atoms with Crippen LogP contribution in [0.4, 0.5) is 19.6 Å². The minimum Gasteiger partial charge on any atom is -0.326 e. The Kier molecular flexibility index (Phi) is 6.82. The number of anilines is 2. The number of carbonyl (C=O) groups is 1. The predicted octanol–water partition coefficient (Wildman–Crippen LogP) is 4.87. The SMILES string of the molecule is C=CC(c1cc(F)c(Br)cc1F)S(=O)(=O)Nc1nnc(-c2ccc(NC(C)=O)cc2)s1. The molecule has 0 spiro atoms. The van der Waals surface area contributed by atoms with E-state index in [9.17, 15) is 22.0 Å². The van der Waals surface area contributed by atoms with Crippen molar-refractivity contribution in [1.29, 1.82) is 0 Å². The van der Waals surface area contributed by atoms with Crippen LogP contribution in [0.1, 0.15) is 17.7 Å². The van der Waals surface area contributed by atoms with Gasteiger partial charge in [-0.05, 0) is 52.3 Å². The number of aromatic nitrogens is 2. The van der Waals surface area contributed by atoms with Crippen molar-refractivity contribution in [2.45, 2.75) is 12.2 Å². The fraction of sp³-hybridized carbons (Fsp3) is 0.105. The monoisotopic (exact) mass is 528 g/mol. The third-order valence-corrected chi connectivity index (χ3v) is 7.22. The van der Waals surface area contributed by atoms with Crippen LogP contribution in [0.5, 0.6) is 0 Å². The summed E-state index contributed by atoms with van der Waals surface area (Å²) in [6.45, 7) is 4.83. The second kappa shape index (κ2) is 9.20. The van der Waals surface area contributed by atoms with E-state index >= 15 is 0 Å². The first-order chi connectivity index (χ1) is 14.6. The average molecular weight is 529 g/mol. The summed E-state index contributed by atoms with van der Waals surface area (Å²) in [6, 6.07) is 8.37. The second-order valence-corrected chi connectivity index (χ2v) is 9.90. The minimum absolute atomic E-state index is 0.0502. The Balaban J connectivity index is 1.83. The molecule has 0 aliphatic rings. The Labute approximate surface area is 189 Å². The first-order valence-corrected chi connectivity index (χ1v) is 11.8. The molecule has 0 saturated carbocycles. The van der Waals surface area contributed by atoms with Crippen LogP contribution in [0, 0.1) is 11.6 Å². The summed E-state index contributed by atoms with van der Waals surface area (Å²) in [7, 11) is -4.25. The molecular formula is C19H15BrF2N4O3S2. The molecule has 0 aliphatic carbocycles. The third-order valence-electron chi connectivity index (χ3n) is 4.00. The summed E-state index contributed by atoms with van der Waals surface area (Å²) in [5.41, 5.74) is 0.860. The van der Waals surface area contributed by atoms with Crippen molar-refractivity contribution in [2.75, 3.05) is 10.0 Å². The Morgan fingerprint density at radius 2 is 1.87 bits per heavy atom. The number of amides is 1. The molecule has 0 bridgehead atoms. The van der Waals surface area contributed by atoms with Gasteiger partial charge < -0.3 is 5.32 Å². The second-order valence-electron chi connectivity index (χ2n) is 6.26. The van der Waals surface area contributed by atoms with Crippen LogP contribution >= 0.6 is 27.3 Å². The number of hydrogen-bond donors (Lipinski definition) is 2. The smallest absolute Gasteiger partial charge is 0.245 e. The molecular weight excluding hydrogens is 514 g/mol. The van der Waals surface area contributed by atoms with Gasteiger partial charge in [0.2, 0.25) is 21.1 Å². The minimum atomic E-state index is -4.25. The number of halogens is 3. The molecule has 12 heteroatoms.